The predicted molar refractivity (Wildman–Crippen MR) is 65.2 cm³/mol. The second kappa shape index (κ2) is 4.76. The maximum atomic E-state index is 11.9. The van der Waals surface area contributed by atoms with Crippen molar-refractivity contribution in [2.24, 2.45) is 5.92 Å². The van der Waals surface area contributed by atoms with Crippen LogP contribution in [0.5, 0.6) is 5.75 Å². The normalized spacial score (nSPS) is 22.2. The van der Waals surface area contributed by atoms with Crippen molar-refractivity contribution in [3.8, 4) is 5.75 Å². The molecule has 0 saturated carbocycles. The van der Waals surface area contributed by atoms with Gasteiger partial charge in [-0.3, -0.25) is 14.9 Å². The molecule has 0 fully saturated rings. The molecule has 1 aromatic rings. The molecule has 18 heavy (non-hydrogen) atoms. The Morgan fingerprint density at radius 3 is 2.72 bits per heavy atom. The van der Waals surface area contributed by atoms with Crippen molar-refractivity contribution in [3.05, 3.63) is 39.4 Å². The maximum Gasteiger partial charge on any atom is 0.315 e. The van der Waals surface area contributed by atoms with E-state index in [4.69, 9.17) is 4.74 Å². The fraction of sp³-hybridized carbons (Fsp3) is 0.462. The molecule has 0 spiro atoms. The Morgan fingerprint density at radius 2 is 2.11 bits per heavy atom. The summed E-state index contributed by atoms with van der Waals surface area (Å²) >= 11 is 0. The SMILES string of the molecule is CC[C@H]1C(=O)Oc2c(C)cccc2[C@H]1C[N+](=O)[O-]. The number of nitro groups is 1. The molecule has 0 aliphatic carbocycles. The summed E-state index contributed by atoms with van der Waals surface area (Å²) in [4.78, 5) is 22.3. The average Bonchev–Trinajstić information content (AvgIpc) is 2.30. The molecule has 0 radical (unpaired) electrons. The number of carbonyl (C=O) groups is 1. The van der Waals surface area contributed by atoms with Gasteiger partial charge in [-0.15, -0.1) is 0 Å². The number of para-hydroxylation sites is 1. The topological polar surface area (TPSA) is 69.4 Å². The van der Waals surface area contributed by atoms with E-state index in [0.29, 0.717) is 12.2 Å². The van der Waals surface area contributed by atoms with Crippen molar-refractivity contribution in [2.45, 2.75) is 26.2 Å². The lowest BCUT2D eigenvalue weighted by Gasteiger charge is -2.29. The van der Waals surface area contributed by atoms with Crippen molar-refractivity contribution in [2.75, 3.05) is 6.54 Å². The van der Waals surface area contributed by atoms with E-state index in [9.17, 15) is 14.9 Å². The molecular weight excluding hydrogens is 234 g/mol. The summed E-state index contributed by atoms with van der Waals surface area (Å²) in [6.45, 7) is 3.45. The minimum absolute atomic E-state index is 0.232. The number of fused-ring (bicyclic) bond motifs is 1. The van der Waals surface area contributed by atoms with Crippen molar-refractivity contribution < 1.29 is 14.5 Å². The quantitative estimate of drug-likeness (QED) is 0.356. The molecule has 0 aromatic heterocycles. The van der Waals surface area contributed by atoms with Crippen LogP contribution in [0.25, 0.3) is 0 Å². The summed E-state index contributed by atoms with van der Waals surface area (Å²) in [7, 11) is 0. The Kier molecular flexibility index (Phi) is 3.32. The smallest absolute Gasteiger partial charge is 0.315 e. The molecular formula is C13H15NO4. The summed E-state index contributed by atoms with van der Waals surface area (Å²) in [5, 5.41) is 10.8. The van der Waals surface area contributed by atoms with Gasteiger partial charge in [-0.2, -0.15) is 0 Å². The molecule has 1 aromatic carbocycles. The maximum absolute atomic E-state index is 11.9. The van der Waals surface area contributed by atoms with Gasteiger partial charge in [0, 0.05) is 10.5 Å². The minimum atomic E-state index is -0.426. The highest BCUT2D eigenvalue weighted by molar-refractivity contribution is 5.79. The number of benzene rings is 1. The van der Waals surface area contributed by atoms with Crippen LogP contribution < -0.4 is 4.74 Å². The number of esters is 1. The Labute approximate surface area is 105 Å². The largest absolute Gasteiger partial charge is 0.426 e. The van der Waals surface area contributed by atoms with E-state index in [0.717, 1.165) is 11.1 Å². The van der Waals surface area contributed by atoms with Crippen LogP contribution in [0.2, 0.25) is 0 Å². The third kappa shape index (κ3) is 2.08. The molecule has 1 aliphatic heterocycles. The molecule has 96 valence electrons. The summed E-state index contributed by atoms with van der Waals surface area (Å²) in [5.41, 5.74) is 1.61. The van der Waals surface area contributed by atoms with Crippen LogP contribution in [-0.4, -0.2) is 17.4 Å². The molecule has 5 nitrogen and oxygen atoms in total. The van der Waals surface area contributed by atoms with E-state index in [1.54, 1.807) is 0 Å². The molecule has 0 bridgehead atoms. The summed E-state index contributed by atoms with van der Waals surface area (Å²) in [6, 6.07) is 5.49. The second-order valence-electron chi connectivity index (χ2n) is 4.55. The summed E-state index contributed by atoms with van der Waals surface area (Å²) in [6.07, 6.45) is 0.546. The first-order chi connectivity index (χ1) is 8.54. The number of carbonyl (C=O) groups excluding carboxylic acids is 1. The average molecular weight is 249 g/mol. The van der Waals surface area contributed by atoms with E-state index < -0.39 is 5.92 Å². The predicted octanol–water partition coefficient (Wildman–Crippen LogP) is 2.30. The van der Waals surface area contributed by atoms with E-state index in [-0.39, 0.29) is 23.4 Å². The van der Waals surface area contributed by atoms with Crippen LogP contribution in [-0.2, 0) is 4.79 Å². The van der Waals surface area contributed by atoms with Crippen LogP contribution in [0, 0.1) is 23.0 Å². The lowest BCUT2D eigenvalue weighted by molar-refractivity contribution is -0.484. The van der Waals surface area contributed by atoms with Crippen molar-refractivity contribution in [1.82, 2.24) is 0 Å². The van der Waals surface area contributed by atoms with Crippen LogP contribution in [0.15, 0.2) is 18.2 Å². The monoisotopic (exact) mass is 249 g/mol. The van der Waals surface area contributed by atoms with Gasteiger partial charge < -0.3 is 4.74 Å². The lowest BCUT2D eigenvalue weighted by atomic mass is 9.81. The van der Waals surface area contributed by atoms with Crippen molar-refractivity contribution in [3.63, 3.8) is 0 Å². The second-order valence-corrected chi connectivity index (χ2v) is 4.55. The molecule has 0 N–H and O–H groups in total. The van der Waals surface area contributed by atoms with Crippen LogP contribution >= 0.6 is 0 Å². The van der Waals surface area contributed by atoms with Gasteiger partial charge in [-0.1, -0.05) is 25.1 Å². The van der Waals surface area contributed by atoms with Gasteiger partial charge in [0.15, 0.2) is 0 Å². The van der Waals surface area contributed by atoms with Crippen LogP contribution in [0.1, 0.15) is 30.4 Å². The Balaban J connectivity index is 2.49. The summed E-state index contributed by atoms with van der Waals surface area (Å²) in [5.74, 6) is -0.670. The van der Waals surface area contributed by atoms with E-state index in [1.165, 1.54) is 0 Å². The Bertz CT molecular complexity index is 498. The minimum Gasteiger partial charge on any atom is -0.426 e. The van der Waals surface area contributed by atoms with Gasteiger partial charge >= 0.3 is 5.97 Å². The van der Waals surface area contributed by atoms with Crippen molar-refractivity contribution >= 4 is 5.97 Å². The van der Waals surface area contributed by atoms with Gasteiger partial charge in [0.05, 0.1) is 11.8 Å². The highest BCUT2D eigenvalue weighted by atomic mass is 16.6. The fourth-order valence-electron chi connectivity index (χ4n) is 2.50. The summed E-state index contributed by atoms with van der Waals surface area (Å²) < 4.78 is 5.32. The first-order valence-electron chi connectivity index (χ1n) is 5.97. The third-order valence-corrected chi connectivity index (χ3v) is 3.42. The Morgan fingerprint density at radius 1 is 1.39 bits per heavy atom. The zero-order valence-electron chi connectivity index (χ0n) is 10.4. The highest BCUT2D eigenvalue weighted by Gasteiger charge is 2.39. The fourth-order valence-corrected chi connectivity index (χ4v) is 2.50. The van der Waals surface area contributed by atoms with Gasteiger partial charge in [-0.25, -0.2) is 0 Å². The molecule has 5 heteroatoms. The molecule has 0 unspecified atom stereocenters. The zero-order chi connectivity index (χ0) is 13.3. The molecule has 2 atom stereocenters. The number of hydrogen-bond donors (Lipinski definition) is 0. The first kappa shape index (κ1) is 12.5. The number of aryl methyl sites for hydroxylation is 1. The highest BCUT2D eigenvalue weighted by Crippen LogP contribution is 2.40. The van der Waals surface area contributed by atoms with E-state index in [1.807, 2.05) is 32.0 Å². The zero-order valence-corrected chi connectivity index (χ0v) is 10.4. The third-order valence-electron chi connectivity index (χ3n) is 3.42. The van der Waals surface area contributed by atoms with Crippen molar-refractivity contribution in [1.29, 1.82) is 0 Å². The van der Waals surface area contributed by atoms with Crippen LogP contribution in [0.4, 0.5) is 0 Å². The lowest BCUT2D eigenvalue weighted by Crippen LogP contribution is -2.35. The van der Waals surface area contributed by atoms with Gasteiger partial charge in [0.1, 0.15) is 5.75 Å². The van der Waals surface area contributed by atoms with Crippen LogP contribution in [0.3, 0.4) is 0 Å². The molecule has 0 amide bonds. The molecule has 1 aliphatic rings. The van der Waals surface area contributed by atoms with E-state index in [2.05, 4.69) is 0 Å². The number of rotatable bonds is 3. The molecule has 1 heterocycles. The molecule has 2 rings (SSSR count). The first-order valence-corrected chi connectivity index (χ1v) is 5.97. The van der Waals surface area contributed by atoms with E-state index >= 15 is 0 Å². The number of hydrogen-bond acceptors (Lipinski definition) is 4. The molecule has 0 saturated heterocycles. The standard InChI is InChI=1S/C13H15NO4/c1-3-9-11(7-14(16)17)10-6-4-5-8(2)12(10)18-13(9)15/h4-6,9,11H,3,7H2,1-2H3/t9-,11+/m1/s1. The van der Waals surface area contributed by atoms with Gasteiger partial charge in [0.25, 0.3) is 0 Å². The Hall–Kier alpha value is -1.91. The van der Waals surface area contributed by atoms with Gasteiger partial charge in [-0.05, 0) is 18.9 Å². The number of ether oxygens (including phenoxy) is 1. The number of nitrogens with zero attached hydrogens (tertiary/aromatic N) is 1. The van der Waals surface area contributed by atoms with Gasteiger partial charge in [0.2, 0.25) is 6.54 Å².